The van der Waals surface area contributed by atoms with Crippen LogP contribution in [0, 0.1) is 5.82 Å². The van der Waals surface area contributed by atoms with Crippen LogP contribution in [0.4, 0.5) is 10.1 Å². The molecule has 3 rings (SSSR count). The summed E-state index contributed by atoms with van der Waals surface area (Å²) in [6.45, 7) is 4.70. The molecule has 1 saturated heterocycles. The zero-order valence-electron chi connectivity index (χ0n) is 16.4. The van der Waals surface area contributed by atoms with Crippen LogP contribution < -0.4 is 10.0 Å². The van der Waals surface area contributed by atoms with Gasteiger partial charge in [0, 0.05) is 18.2 Å². The van der Waals surface area contributed by atoms with Gasteiger partial charge < -0.3 is 5.32 Å². The number of hydrogen-bond donors (Lipinski definition) is 2. The number of halogens is 1. The largest absolute Gasteiger partial charge is 0.350 e. The summed E-state index contributed by atoms with van der Waals surface area (Å²) in [6, 6.07) is 11.5. The van der Waals surface area contributed by atoms with Gasteiger partial charge in [-0.25, -0.2) is 12.8 Å². The van der Waals surface area contributed by atoms with E-state index in [-0.39, 0.29) is 28.1 Å². The van der Waals surface area contributed by atoms with Crippen LogP contribution in [0.15, 0.2) is 53.4 Å². The third-order valence-electron chi connectivity index (χ3n) is 5.15. The van der Waals surface area contributed by atoms with E-state index in [4.69, 9.17) is 0 Å². The van der Waals surface area contributed by atoms with Crippen molar-refractivity contribution in [1.29, 1.82) is 0 Å². The number of nitrogens with one attached hydrogen (secondary N) is 2. The predicted molar refractivity (Wildman–Crippen MR) is 111 cm³/mol. The number of para-hydroxylation sites is 1. The number of hydrogen-bond acceptors (Lipinski definition) is 4. The lowest BCUT2D eigenvalue weighted by molar-refractivity contribution is 0.0937. The van der Waals surface area contributed by atoms with E-state index >= 15 is 0 Å². The first kappa shape index (κ1) is 21.3. The summed E-state index contributed by atoms with van der Waals surface area (Å²) in [4.78, 5) is 14.8. The molecule has 2 aromatic carbocycles. The van der Waals surface area contributed by atoms with E-state index in [2.05, 4.69) is 21.9 Å². The molecule has 0 spiro atoms. The Morgan fingerprint density at radius 1 is 1.14 bits per heavy atom. The fourth-order valence-corrected chi connectivity index (χ4v) is 4.62. The van der Waals surface area contributed by atoms with E-state index in [1.807, 2.05) is 0 Å². The molecule has 0 radical (unpaired) electrons. The highest BCUT2D eigenvalue weighted by Gasteiger charge is 2.22. The van der Waals surface area contributed by atoms with E-state index < -0.39 is 15.8 Å². The van der Waals surface area contributed by atoms with E-state index in [0.29, 0.717) is 6.54 Å². The number of carbonyl (C=O) groups is 1. The molecule has 0 aliphatic carbocycles. The van der Waals surface area contributed by atoms with Crippen molar-refractivity contribution in [2.24, 2.45) is 0 Å². The number of sulfonamides is 1. The molecule has 1 atom stereocenters. The molecule has 1 heterocycles. The van der Waals surface area contributed by atoms with Gasteiger partial charge in [0.1, 0.15) is 5.82 Å². The summed E-state index contributed by atoms with van der Waals surface area (Å²) in [5, 5.41) is 2.91. The number of amides is 1. The second-order valence-corrected chi connectivity index (χ2v) is 8.81. The maximum atomic E-state index is 13.8. The van der Waals surface area contributed by atoms with Gasteiger partial charge in [-0.2, -0.15) is 0 Å². The lowest BCUT2D eigenvalue weighted by atomic mass is 10.1. The normalized spacial score (nSPS) is 15.8. The number of anilines is 1. The predicted octanol–water partition coefficient (Wildman–Crippen LogP) is 3.23. The Balaban J connectivity index is 1.69. The Hall–Kier alpha value is -2.45. The lowest BCUT2D eigenvalue weighted by Crippen LogP contribution is -2.42. The Morgan fingerprint density at radius 3 is 2.55 bits per heavy atom. The van der Waals surface area contributed by atoms with E-state index in [1.54, 1.807) is 6.07 Å². The van der Waals surface area contributed by atoms with Crippen LogP contribution in [0.25, 0.3) is 0 Å². The van der Waals surface area contributed by atoms with Crippen LogP contribution in [0.3, 0.4) is 0 Å². The zero-order chi connectivity index (χ0) is 20.9. The summed E-state index contributed by atoms with van der Waals surface area (Å²) in [5.41, 5.74) is 0.108. The second kappa shape index (κ2) is 9.37. The lowest BCUT2D eigenvalue weighted by Gasteiger charge is -2.26. The minimum atomic E-state index is -4.02. The van der Waals surface area contributed by atoms with Crippen molar-refractivity contribution >= 4 is 21.6 Å². The zero-order valence-corrected chi connectivity index (χ0v) is 17.2. The Kier molecular flexibility index (Phi) is 6.87. The van der Waals surface area contributed by atoms with E-state index in [0.717, 1.165) is 19.5 Å². The van der Waals surface area contributed by atoms with Crippen LogP contribution in [-0.4, -0.2) is 44.9 Å². The van der Waals surface area contributed by atoms with Crippen LogP contribution >= 0.6 is 0 Å². The summed E-state index contributed by atoms with van der Waals surface area (Å²) in [6.07, 6.45) is 3.29. The molecule has 8 heteroatoms. The average Bonchev–Trinajstić information content (AvgIpc) is 3.25. The van der Waals surface area contributed by atoms with Crippen LogP contribution in [0.2, 0.25) is 0 Å². The van der Waals surface area contributed by atoms with Crippen molar-refractivity contribution in [3.63, 3.8) is 0 Å². The van der Waals surface area contributed by atoms with Gasteiger partial charge in [-0.05, 0) is 62.7 Å². The highest BCUT2D eigenvalue weighted by atomic mass is 32.2. The molecule has 0 bridgehead atoms. The molecule has 0 aromatic heterocycles. The molecular weight excluding hydrogens is 393 g/mol. The molecule has 0 saturated carbocycles. The van der Waals surface area contributed by atoms with Crippen molar-refractivity contribution in [3.8, 4) is 0 Å². The van der Waals surface area contributed by atoms with Crippen molar-refractivity contribution in [2.75, 3.05) is 24.4 Å². The molecule has 2 aromatic rings. The fraction of sp³-hybridized carbons (Fsp3) is 0.381. The number of nitrogens with zero attached hydrogens (tertiary/aromatic N) is 1. The molecule has 1 aliphatic rings. The first-order chi connectivity index (χ1) is 13.9. The molecule has 156 valence electrons. The monoisotopic (exact) mass is 419 g/mol. The molecule has 2 N–H and O–H groups in total. The highest BCUT2D eigenvalue weighted by molar-refractivity contribution is 7.92. The van der Waals surface area contributed by atoms with Gasteiger partial charge >= 0.3 is 0 Å². The van der Waals surface area contributed by atoms with Crippen molar-refractivity contribution in [2.45, 2.75) is 37.1 Å². The Labute approximate surface area is 171 Å². The first-order valence-electron chi connectivity index (χ1n) is 9.80. The maximum Gasteiger partial charge on any atom is 0.262 e. The maximum absolute atomic E-state index is 13.8. The first-order valence-corrected chi connectivity index (χ1v) is 11.3. The SMILES string of the molecule is CCC(CNC(=O)c1cccc(S(=O)(=O)Nc2ccccc2F)c1)N1CCCC1. The average molecular weight is 420 g/mol. The van der Waals surface area contributed by atoms with Gasteiger partial charge in [-0.1, -0.05) is 25.1 Å². The van der Waals surface area contributed by atoms with Gasteiger partial charge in [0.15, 0.2) is 0 Å². The number of benzene rings is 2. The molecule has 1 fully saturated rings. The number of carbonyl (C=O) groups excluding carboxylic acids is 1. The van der Waals surface area contributed by atoms with Crippen molar-refractivity contribution < 1.29 is 17.6 Å². The van der Waals surface area contributed by atoms with Gasteiger partial charge in [-0.15, -0.1) is 0 Å². The van der Waals surface area contributed by atoms with Gasteiger partial charge in [0.25, 0.3) is 15.9 Å². The number of rotatable bonds is 8. The van der Waals surface area contributed by atoms with E-state index in [1.165, 1.54) is 55.3 Å². The van der Waals surface area contributed by atoms with Gasteiger partial charge in [-0.3, -0.25) is 14.4 Å². The van der Waals surface area contributed by atoms with Crippen LogP contribution in [-0.2, 0) is 10.0 Å². The topological polar surface area (TPSA) is 78.5 Å². The molecular formula is C21H26FN3O3S. The second-order valence-electron chi connectivity index (χ2n) is 7.13. The quantitative estimate of drug-likeness (QED) is 0.689. The highest BCUT2D eigenvalue weighted by Crippen LogP contribution is 2.20. The smallest absolute Gasteiger partial charge is 0.262 e. The molecule has 1 unspecified atom stereocenters. The molecule has 1 aliphatic heterocycles. The van der Waals surface area contributed by atoms with E-state index in [9.17, 15) is 17.6 Å². The summed E-state index contributed by atoms with van der Waals surface area (Å²) in [5.74, 6) is -0.997. The minimum absolute atomic E-state index is 0.0972. The summed E-state index contributed by atoms with van der Waals surface area (Å²) in [7, 11) is -4.02. The third-order valence-corrected chi connectivity index (χ3v) is 6.51. The summed E-state index contributed by atoms with van der Waals surface area (Å²) >= 11 is 0. The molecule has 29 heavy (non-hydrogen) atoms. The van der Waals surface area contributed by atoms with Gasteiger partial charge in [0.05, 0.1) is 10.6 Å². The molecule has 6 nitrogen and oxygen atoms in total. The summed E-state index contributed by atoms with van der Waals surface area (Å²) < 4.78 is 41.2. The third kappa shape index (κ3) is 5.33. The molecule has 1 amide bonds. The Morgan fingerprint density at radius 2 is 1.86 bits per heavy atom. The Bertz CT molecular complexity index is 959. The van der Waals surface area contributed by atoms with Crippen molar-refractivity contribution in [3.05, 3.63) is 59.9 Å². The van der Waals surface area contributed by atoms with Crippen LogP contribution in [0.1, 0.15) is 36.5 Å². The standard InChI is InChI=1S/C21H26FN3O3S/c1-2-17(25-12-5-6-13-25)15-23-21(26)16-8-7-9-18(14-16)29(27,28)24-20-11-4-3-10-19(20)22/h3-4,7-11,14,17,24H,2,5-6,12-13,15H2,1H3,(H,23,26). The fourth-order valence-electron chi connectivity index (χ4n) is 3.50. The number of likely N-dealkylation sites (tertiary alicyclic amines) is 1. The van der Waals surface area contributed by atoms with Crippen molar-refractivity contribution in [1.82, 2.24) is 10.2 Å². The minimum Gasteiger partial charge on any atom is -0.350 e. The van der Waals surface area contributed by atoms with Crippen LogP contribution in [0.5, 0.6) is 0 Å². The van der Waals surface area contributed by atoms with Gasteiger partial charge in [0.2, 0.25) is 0 Å².